The van der Waals surface area contributed by atoms with Crippen LogP contribution in [0.2, 0.25) is 0 Å². The molecule has 0 atom stereocenters. The Labute approximate surface area is 201 Å². The molecule has 3 heterocycles. The fraction of sp³-hybridized carbons (Fsp3) is 0.500. The number of carbonyl (C=O) groups excluding carboxylic acids is 1. The molecule has 0 amide bonds. The van der Waals surface area contributed by atoms with Crippen molar-refractivity contribution in [3.8, 4) is 5.75 Å². The van der Waals surface area contributed by atoms with E-state index in [-0.39, 0.29) is 18.5 Å². The molecule has 2 aliphatic heterocycles. The molecule has 0 spiro atoms. The molecule has 1 saturated heterocycles. The Morgan fingerprint density at radius 1 is 1.12 bits per heavy atom. The summed E-state index contributed by atoms with van der Waals surface area (Å²) >= 11 is 0. The number of benzene rings is 1. The third-order valence-corrected chi connectivity index (χ3v) is 6.91. The number of guanidine groups is 1. The molecular formula is C26H35N5O3. The first-order valence-electron chi connectivity index (χ1n) is 12.0. The number of nitrogens with zero attached hydrogens (tertiary/aromatic N) is 3. The second-order valence-corrected chi connectivity index (χ2v) is 9.37. The molecule has 182 valence electrons. The van der Waals surface area contributed by atoms with Crippen molar-refractivity contribution in [1.82, 2.24) is 9.88 Å². The topological polar surface area (TPSA) is 105 Å². The highest BCUT2D eigenvalue weighted by Crippen LogP contribution is 2.36. The summed E-state index contributed by atoms with van der Waals surface area (Å²) in [5, 5.41) is 7.73. The Bertz CT molecular complexity index is 1040. The number of ether oxygens (including phenoxy) is 2. The summed E-state index contributed by atoms with van der Waals surface area (Å²) in [4.78, 5) is 21.7. The zero-order valence-electron chi connectivity index (χ0n) is 20.4. The van der Waals surface area contributed by atoms with Crippen molar-refractivity contribution in [1.29, 1.82) is 5.41 Å². The molecule has 0 unspecified atom stereocenters. The molecule has 2 aromatic rings. The number of nitrogens with two attached hydrogens (primary N) is 1. The van der Waals surface area contributed by atoms with Crippen molar-refractivity contribution in [2.24, 2.45) is 11.1 Å². The molecule has 3 N–H and O–H groups in total. The number of carbonyl (C=O) groups is 1. The van der Waals surface area contributed by atoms with Gasteiger partial charge in [-0.25, -0.2) is 0 Å². The summed E-state index contributed by atoms with van der Waals surface area (Å²) < 4.78 is 11.7. The standard InChI is InChI=1S/C26H35N5O3/c1-4-33-24(32)26(8-11-30(12-9-26)22-13-18(2)29-19(3)14-22)17-34-23-6-5-20-7-10-31(25(27)28)16-21(20)15-23/h5-6,13-15H,4,7-12,16-17H2,1-3H3,(H3,27,28). The number of pyridine rings is 1. The van der Waals surface area contributed by atoms with Gasteiger partial charge in [-0.3, -0.25) is 15.2 Å². The van der Waals surface area contributed by atoms with E-state index in [1.54, 1.807) is 0 Å². The lowest BCUT2D eigenvalue weighted by Gasteiger charge is -2.40. The zero-order valence-corrected chi connectivity index (χ0v) is 20.4. The van der Waals surface area contributed by atoms with Crippen molar-refractivity contribution < 1.29 is 14.3 Å². The second kappa shape index (κ2) is 9.91. The van der Waals surface area contributed by atoms with Crippen molar-refractivity contribution in [3.05, 3.63) is 52.8 Å². The van der Waals surface area contributed by atoms with Crippen LogP contribution < -0.4 is 15.4 Å². The summed E-state index contributed by atoms with van der Waals surface area (Å²) in [5.41, 5.74) is 10.5. The number of fused-ring (bicyclic) bond motifs is 1. The lowest BCUT2D eigenvalue weighted by atomic mass is 9.79. The zero-order chi connectivity index (χ0) is 24.3. The Morgan fingerprint density at radius 3 is 2.47 bits per heavy atom. The molecule has 1 aromatic carbocycles. The van der Waals surface area contributed by atoms with E-state index in [0.29, 0.717) is 26.0 Å². The molecule has 34 heavy (non-hydrogen) atoms. The first kappa shape index (κ1) is 23.9. The highest BCUT2D eigenvalue weighted by atomic mass is 16.5. The van der Waals surface area contributed by atoms with Crippen LogP contribution in [0.5, 0.6) is 5.75 Å². The molecule has 0 saturated carbocycles. The molecule has 1 aromatic heterocycles. The predicted octanol–water partition coefficient (Wildman–Crippen LogP) is 3.18. The third kappa shape index (κ3) is 5.11. The number of hydrogen-bond acceptors (Lipinski definition) is 6. The van der Waals surface area contributed by atoms with Crippen LogP contribution in [0.15, 0.2) is 30.3 Å². The minimum Gasteiger partial charge on any atom is -0.492 e. The molecule has 0 radical (unpaired) electrons. The van der Waals surface area contributed by atoms with Gasteiger partial charge in [0.15, 0.2) is 5.96 Å². The minimum absolute atomic E-state index is 0.0876. The summed E-state index contributed by atoms with van der Waals surface area (Å²) in [7, 11) is 0. The lowest BCUT2D eigenvalue weighted by molar-refractivity contribution is -0.159. The van der Waals surface area contributed by atoms with Crippen LogP contribution in [-0.4, -0.2) is 54.7 Å². The molecule has 0 bridgehead atoms. The summed E-state index contributed by atoms with van der Waals surface area (Å²) in [6.45, 7) is 9.35. The maximum Gasteiger partial charge on any atom is 0.315 e. The molecule has 1 fully saturated rings. The number of esters is 1. The number of anilines is 1. The number of nitrogens with one attached hydrogen (secondary N) is 1. The number of aryl methyl sites for hydroxylation is 2. The monoisotopic (exact) mass is 465 g/mol. The number of aromatic nitrogens is 1. The quantitative estimate of drug-likeness (QED) is 0.383. The van der Waals surface area contributed by atoms with Gasteiger partial charge in [-0.2, -0.15) is 0 Å². The van der Waals surface area contributed by atoms with E-state index < -0.39 is 5.41 Å². The van der Waals surface area contributed by atoms with E-state index in [4.69, 9.17) is 20.6 Å². The Morgan fingerprint density at radius 2 is 1.82 bits per heavy atom. The lowest BCUT2D eigenvalue weighted by Crippen LogP contribution is -2.48. The predicted molar refractivity (Wildman–Crippen MR) is 132 cm³/mol. The van der Waals surface area contributed by atoms with Gasteiger partial charge < -0.3 is 25.0 Å². The first-order chi connectivity index (χ1) is 16.3. The fourth-order valence-corrected chi connectivity index (χ4v) is 4.93. The van der Waals surface area contributed by atoms with Crippen LogP contribution in [0.25, 0.3) is 0 Å². The molecule has 4 rings (SSSR count). The fourth-order valence-electron chi connectivity index (χ4n) is 4.93. The summed E-state index contributed by atoms with van der Waals surface area (Å²) in [5.74, 6) is 0.637. The Balaban J connectivity index is 1.47. The van der Waals surface area contributed by atoms with E-state index in [9.17, 15) is 4.79 Å². The van der Waals surface area contributed by atoms with Crippen molar-refractivity contribution in [3.63, 3.8) is 0 Å². The maximum absolute atomic E-state index is 13.1. The van der Waals surface area contributed by atoms with Gasteiger partial charge in [0.05, 0.1) is 6.61 Å². The Hall–Kier alpha value is -3.29. The number of rotatable bonds is 6. The average Bonchev–Trinajstić information content (AvgIpc) is 2.82. The van der Waals surface area contributed by atoms with Gasteiger partial charge in [-0.1, -0.05) is 6.07 Å². The third-order valence-electron chi connectivity index (χ3n) is 6.91. The number of piperidine rings is 1. The first-order valence-corrected chi connectivity index (χ1v) is 12.0. The molecule has 2 aliphatic rings. The normalized spacial score (nSPS) is 17.1. The molecule has 8 heteroatoms. The maximum atomic E-state index is 13.1. The van der Waals surface area contributed by atoms with Crippen molar-refractivity contribution in [2.75, 3.05) is 37.7 Å². The van der Waals surface area contributed by atoms with Gasteiger partial charge in [-0.15, -0.1) is 0 Å². The van der Waals surface area contributed by atoms with Crippen LogP contribution in [0, 0.1) is 24.7 Å². The minimum atomic E-state index is -0.676. The largest absolute Gasteiger partial charge is 0.492 e. The highest BCUT2D eigenvalue weighted by Gasteiger charge is 2.44. The molecule has 0 aliphatic carbocycles. The van der Waals surface area contributed by atoms with E-state index >= 15 is 0 Å². The second-order valence-electron chi connectivity index (χ2n) is 9.37. The van der Waals surface area contributed by atoms with E-state index in [1.807, 2.05) is 37.8 Å². The smallest absolute Gasteiger partial charge is 0.315 e. The average molecular weight is 466 g/mol. The van der Waals surface area contributed by atoms with Crippen molar-refractivity contribution in [2.45, 2.75) is 46.6 Å². The van der Waals surface area contributed by atoms with Crippen LogP contribution in [0.3, 0.4) is 0 Å². The highest BCUT2D eigenvalue weighted by molar-refractivity contribution is 5.78. The van der Waals surface area contributed by atoms with E-state index in [1.165, 1.54) is 5.56 Å². The van der Waals surface area contributed by atoms with Crippen LogP contribution in [0.1, 0.15) is 42.3 Å². The van der Waals surface area contributed by atoms with Gasteiger partial charge in [-0.05, 0) is 75.4 Å². The van der Waals surface area contributed by atoms with Gasteiger partial charge in [0.25, 0.3) is 0 Å². The van der Waals surface area contributed by atoms with E-state index in [0.717, 1.165) is 54.4 Å². The number of hydrogen-bond donors (Lipinski definition) is 2. The summed E-state index contributed by atoms with van der Waals surface area (Å²) in [6.07, 6.45) is 2.18. The molecular weight excluding hydrogens is 430 g/mol. The van der Waals surface area contributed by atoms with Gasteiger partial charge >= 0.3 is 5.97 Å². The van der Waals surface area contributed by atoms with Gasteiger partial charge in [0.1, 0.15) is 17.8 Å². The van der Waals surface area contributed by atoms with Gasteiger partial charge in [0, 0.05) is 43.3 Å². The molecule has 8 nitrogen and oxygen atoms in total. The van der Waals surface area contributed by atoms with Crippen molar-refractivity contribution >= 4 is 17.6 Å². The van der Waals surface area contributed by atoms with Gasteiger partial charge in [0.2, 0.25) is 0 Å². The van der Waals surface area contributed by atoms with E-state index in [2.05, 4.69) is 28.1 Å². The SMILES string of the molecule is CCOC(=O)C1(COc2ccc3c(c2)CN(C(=N)N)CC3)CCN(c2cc(C)nc(C)c2)CC1. The summed E-state index contributed by atoms with van der Waals surface area (Å²) in [6, 6.07) is 10.3. The van der Waals surface area contributed by atoms with Crippen LogP contribution in [-0.2, 0) is 22.5 Å². The Kier molecular flexibility index (Phi) is 6.95. The van der Waals surface area contributed by atoms with Crippen LogP contribution >= 0.6 is 0 Å². The van der Waals surface area contributed by atoms with Crippen LogP contribution in [0.4, 0.5) is 5.69 Å².